The zero-order valence-electron chi connectivity index (χ0n) is 16.5. The molecule has 0 atom stereocenters. The van der Waals surface area contributed by atoms with Gasteiger partial charge in [0.15, 0.2) is 18.1 Å². The Morgan fingerprint density at radius 3 is 2.97 bits per heavy atom. The molecule has 0 aliphatic carbocycles. The van der Waals surface area contributed by atoms with Crippen molar-refractivity contribution in [2.75, 3.05) is 0 Å². The van der Waals surface area contributed by atoms with Crippen molar-refractivity contribution in [2.24, 2.45) is 5.16 Å². The normalized spacial score (nSPS) is 16.0. The first kappa shape index (κ1) is 18.2. The Morgan fingerprint density at radius 1 is 1.31 bits per heavy atom. The van der Waals surface area contributed by atoms with E-state index < -0.39 is 0 Å². The van der Waals surface area contributed by atoms with E-state index in [9.17, 15) is 0 Å². The molecule has 1 aromatic carbocycles. The molecule has 4 heterocycles. The molecule has 29 heavy (non-hydrogen) atoms. The van der Waals surface area contributed by atoms with Gasteiger partial charge in [-0.1, -0.05) is 35.0 Å². The van der Waals surface area contributed by atoms with Crippen molar-refractivity contribution < 1.29 is 9.57 Å². The Hall–Kier alpha value is -2.84. The zero-order chi connectivity index (χ0) is 20.0. The predicted octanol–water partition coefficient (Wildman–Crippen LogP) is 4.05. The van der Waals surface area contributed by atoms with Crippen LogP contribution >= 0.6 is 11.3 Å². The molecule has 3 aromatic heterocycles. The number of benzene rings is 1. The molecule has 7 nitrogen and oxygen atoms in total. The van der Waals surface area contributed by atoms with Crippen LogP contribution in [0.2, 0.25) is 0 Å². The van der Waals surface area contributed by atoms with Crippen LogP contribution in [0.15, 0.2) is 35.7 Å². The van der Waals surface area contributed by atoms with Crippen LogP contribution < -0.4 is 0 Å². The van der Waals surface area contributed by atoms with Gasteiger partial charge in [0, 0.05) is 11.3 Å². The second-order valence-electron chi connectivity index (χ2n) is 7.87. The number of nitrogens with zero attached hydrogens (tertiary/aromatic N) is 5. The molecule has 1 aliphatic rings. The summed E-state index contributed by atoms with van der Waals surface area (Å²) in [6.45, 7) is 7.10. The SMILES string of the molecule is Cc1ccc(/C=N\OCc2nc3c4c5c(sc4ncn3n2)COC(C)(C)C5)cc1. The molecule has 1 aliphatic heterocycles. The summed E-state index contributed by atoms with van der Waals surface area (Å²) in [7, 11) is 0. The molecule has 8 heteroatoms. The third kappa shape index (κ3) is 3.49. The fourth-order valence-corrected chi connectivity index (χ4v) is 4.56. The van der Waals surface area contributed by atoms with Crippen LogP contribution in [0.3, 0.4) is 0 Å². The van der Waals surface area contributed by atoms with E-state index in [2.05, 4.69) is 36.0 Å². The zero-order valence-corrected chi connectivity index (χ0v) is 17.4. The van der Waals surface area contributed by atoms with Crippen LogP contribution in [0.4, 0.5) is 0 Å². The number of ether oxygens (including phenoxy) is 1. The highest BCUT2D eigenvalue weighted by atomic mass is 32.1. The molecule has 0 fully saturated rings. The van der Waals surface area contributed by atoms with Gasteiger partial charge < -0.3 is 9.57 Å². The van der Waals surface area contributed by atoms with Crippen molar-refractivity contribution >= 4 is 33.4 Å². The van der Waals surface area contributed by atoms with Crippen molar-refractivity contribution in [1.29, 1.82) is 0 Å². The van der Waals surface area contributed by atoms with Gasteiger partial charge in [0.25, 0.3) is 0 Å². The lowest BCUT2D eigenvalue weighted by Gasteiger charge is -2.30. The van der Waals surface area contributed by atoms with Crippen molar-refractivity contribution in [3.05, 3.63) is 58.0 Å². The molecule has 0 saturated carbocycles. The average Bonchev–Trinajstić information content (AvgIpc) is 3.26. The highest BCUT2D eigenvalue weighted by Crippen LogP contribution is 2.39. The van der Waals surface area contributed by atoms with E-state index in [1.165, 1.54) is 16.0 Å². The Bertz CT molecular complexity index is 1220. The number of hydrogen-bond acceptors (Lipinski definition) is 7. The second-order valence-corrected chi connectivity index (χ2v) is 8.95. The largest absolute Gasteiger partial charge is 0.387 e. The summed E-state index contributed by atoms with van der Waals surface area (Å²) in [4.78, 5) is 16.9. The molecule has 0 bridgehead atoms. The maximum Gasteiger partial charge on any atom is 0.192 e. The molecule has 4 aromatic rings. The second kappa shape index (κ2) is 6.89. The first-order valence-electron chi connectivity index (χ1n) is 9.49. The van der Waals surface area contributed by atoms with E-state index in [1.54, 1.807) is 28.4 Å². The molecule has 0 amide bonds. The number of fused-ring (bicyclic) bond motifs is 5. The average molecular weight is 407 g/mol. The Labute approximate surface area is 172 Å². The van der Waals surface area contributed by atoms with Gasteiger partial charge in [0.05, 0.1) is 23.8 Å². The van der Waals surface area contributed by atoms with Gasteiger partial charge in [0.1, 0.15) is 11.2 Å². The Balaban J connectivity index is 1.41. The van der Waals surface area contributed by atoms with Gasteiger partial charge in [-0.05, 0) is 31.9 Å². The Kier molecular flexibility index (Phi) is 4.33. The topological polar surface area (TPSA) is 73.9 Å². The number of hydrogen-bond donors (Lipinski definition) is 0. The molecule has 5 rings (SSSR count). The number of rotatable bonds is 4. The van der Waals surface area contributed by atoms with Crippen molar-refractivity contribution in [3.63, 3.8) is 0 Å². The van der Waals surface area contributed by atoms with E-state index in [0.29, 0.717) is 12.4 Å². The van der Waals surface area contributed by atoms with E-state index in [0.717, 1.165) is 27.8 Å². The maximum absolute atomic E-state index is 5.95. The molecule has 0 unspecified atom stereocenters. The molecule has 0 radical (unpaired) electrons. The van der Waals surface area contributed by atoms with E-state index in [1.807, 2.05) is 24.3 Å². The molecule has 0 spiro atoms. The molecular formula is C21H21N5O2S. The third-order valence-corrected chi connectivity index (χ3v) is 6.11. The van der Waals surface area contributed by atoms with Crippen LogP contribution in [0.25, 0.3) is 15.9 Å². The smallest absolute Gasteiger partial charge is 0.192 e. The lowest BCUT2D eigenvalue weighted by molar-refractivity contribution is -0.0379. The number of oxime groups is 1. The van der Waals surface area contributed by atoms with Gasteiger partial charge in [-0.2, -0.15) is 0 Å². The first-order chi connectivity index (χ1) is 14.0. The van der Waals surface area contributed by atoms with Gasteiger partial charge in [0.2, 0.25) is 0 Å². The lowest BCUT2D eigenvalue weighted by Crippen LogP contribution is -2.31. The molecule has 0 saturated heterocycles. The van der Waals surface area contributed by atoms with Crippen molar-refractivity contribution in [2.45, 2.75) is 46.0 Å². The van der Waals surface area contributed by atoms with E-state index in [4.69, 9.17) is 14.6 Å². The van der Waals surface area contributed by atoms with E-state index in [-0.39, 0.29) is 12.2 Å². The summed E-state index contributed by atoms with van der Waals surface area (Å²) in [5.74, 6) is 0.576. The fraction of sp³-hybridized carbons (Fsp3) is 0.333. The molecule has 148 valence electrons. The summed E-state index contributed by atoms with van der Waals surface area (Å²) < 4.78 is 7.67. The van der Waals surface area contributed by atoms with Crippen molar-refractivity contribution in [1.82, 2.24) is 19.6 Å². The summed E-state index contributed by atoms with van der Waals surface area (Å²) in [6.07, 6.45) is 4.23. The van der Waals surface area contributed by atoms with Gasteiger partial charge in [-0.25, -0.2) is 14.5 Å². The predicted molar refractivity (Wildman–Crippen MR) is 112 cm³/mol. The number of aryl methyl sites for hydroxylation is 1. The van der Waals surface area contributed by atoms with Crippen LogP contribution in [-0.4, -0.2) is 31.4 Å². The van der Waals surface area contributed by atoms with Gasteiger partial charge in [-0.15, -0.1) is 16.4 Å². The maximum atomic E-state index is 5.95. The van der Waals surface area contributed by atoms with Crippen LogP contribution in [0, 0.1) is 6.92 Å². The summed E-state index contributed by atoms with van der Waals surface area (Å²) in [6, 6.07) is 8.08. The highest BCUT2D eigenvalue weighted by molar-refractivity contribution is 7.19. The molecular weight excluding hydrogens is 386 g/mol. The van der Waals surface area contributed by atoms with Gasteiger partial charge in [-0.3, -0.25) is 0 Å². The lowest BCUT2D eigenvalue weighted by atomic mass is 9.94. The van der Waals surface area contributed by atoms with Crippen LogP contribution in [0.1, 0.15) is 41.2 Å². The minimum atomic E-state index is -0.190. The minimum absolute atomic E-state index is 0.190. The minimum Gasteiger partial charge on any atom is -0.387 e. The summed E-state index contributed by atoms with van der Waals surface area (Å²) >= 11 is 1.67. The van der Waals surface area contributed by atoms with E-state index >= 15 is 0 Å². The standard InChI is InChI=1S/C21H21N5O2S/c1-13-4-6-14(7-5-13)9-23-28-11-17-24-19-18-15-8-21(2,3)27-10-16(15)29-20(18)22-12-26(19)25-17/h4-7,9,12H,8,10-11H2,1-3H3/b23-9-. The third-order valence-electron chi connectivity index (χ3n) is 5.00. The monoisotopic (exact) mass is 407 g/mol. The summed E-state index contributed by atoms with van der Waals surface area (Å²) in [5, 5.41) is 9.61. The fourth-order valence-electron chi connectivity index (χ4n) is 3.49. The van der Waals surface area contributed by atoms with Crippen LogP contribution in [0.5, 0.6) is 0 Å². The quantitative estimate of drug-likeness (QED) is 0.377. The molecule has 0 N–H and O–H groups in total. The summed E-state index contributed by atoms with van der Waals surface area (Å²) in [5.41, 5.74) is 4.09. The van der Waals surface area contributed by atoms with Crippen LogP contribution in [-0.2, 0) is 29.2 Å². The van der Waals surface area contributed by atoms with Crippen molar-refractivity contribution in [3.8, 4) is 0 Å². The Morgan fingerprint density at radius 2 is 2.14 bits per heavy atom. The first-order valence-corrected chi connectivity index (χ1v) is 10.3. The van der Waals surface area contributed by atoms with Gasteiger partial charge >= 0.3 is 0 Å². The number of thiophene rings is 1. The highest BCUT2D eigenvalue weighted by Gasteiger charge is 2.30. The number of aromatic nitrogens is 4.